The highest BCUT2D eigenvalue weighted by molar-refractivity contribution is 5.92. The number of ether oxygens (including phenoxy) is 1. The number of hydrogen-bond acceptors (Lipinski definition) is 3. The Hall–Kier alpha value is -2.59. The molecule has 1 saturated heterocycles. The van der Waals surface area contributed by atoms with E-state index in [1.54, 1.807) is 0 Å². The lowest BCUT2D eigenvalue weighted by Gasteiger charge is -2.40. The van der Waals surface area contributed by atoms with Crippen molar-refractivity contribution in [2.75, 3.05) is 18.4 Å². The fourth-order valence-electron chi connectivity index (χ4n) is 3.72. The fraction of sp³-hybridized carbons (Fsp3) is 0.348. The summed E-state index contributed by atoms with van der Waals surface area (Å²) in [4.78, 5) is 11.9. The zero-order chi connectivity index (χ0) is 18.9. The molecule has 27 heavy (non-hydrogen) atoms. The molecule has 0 aromatic heterocycles. The molecule has 4 rings (SSSR count). The smallest absolute Gasteiger partial charge is 0.226 e. The Labute approximate surface area is 160 Å². The predicted molar refractivity (Wildman–Crippen MR) is 109 cm³/mol. The summed E-state index contributed by atoms with van der Waals surface area (Å²) < 4.78 is 6.44. The van der Waals surface area contributed by atoms with Crippen LogP contribution in [0.15, 0.2) is 54.6 Å². The number of carbonyl (C=O) groups excluding carboxylic acids is 1. The highest BCUT2D eigenvalue weighted by Crippen LogP contribution is 2.42. The number of nitrogens with one attached hydrogen (secondary N) is 2. The quantitative estimate of drug-likeness (QED) is 0.859. The average Bonchev–Trinajstić information content (AvgIpc) is 2.68. The van der Waals surface area contributed by atoms with Crippen molar-refractivity contribution in [2.45, 2.75) is 32.3 Å². The zero-order valence-corrected chi connectivity index (χ0v) is 15.9. The van der Waals surface area contributed by atoms with Gasteiger partial charge in [0.25, 0.3) is 0 Å². The molecular formula is C23H26N2O2. The molecule has 0 atom stereocenters. The summed E-state index contributed by atoms with van der Waals surface area (Å²) in [6.07, 6.45) is 4.23. The predicted octanol–water partition coefficient (Wildman–Crippen LogP) is 4.23. The molecule has 0 radical (unpaired) electrons. The van der Waals surface area contributed by atoms with E-state index in [0.717, 1.165) is 48.5 Å². The Bertz CT molecular complexity index is 862. The van der Waals surface area contributed by atoms with Crippen LogP contribution in [0.5, 0.6) is 5.75 Å². The van der Waals surface area contributed by atoms with Crippen LogP contribution in [0, 0.1) is 5.92 Å². The van der Waals surface area contributed by atoms with E-state index in [2.05, 4.69) is 41.0 Å². The molecule has 1 spiro atoms. The topological polar surface area (TPSA) is 50.4 Å². The van der Waals surface area contributed by atoms with E-state index in [0.29, 0.717) is 0 Å². The molecule has 2 aromatic carbocycles. The number of para-hydroxylation sites is 1. The lowest BCUT2D eigenvalue weighted by Crippen LogP contribution is -2.46. The summed E-state index contributed by atoms with van der Waals surface area (Å²) in [5.41, 5.74) is 4.07. The van der Waals surface area contributed by atoms with Crippen LogP contribution in [0.3, 0.4) is 0 Å². The minimum absolute atomic E-state index is 0.0328. The van der Waals surface area contributed by atoms with Crippen molar-refractivity contribution in [2.24, 2.45) is 5.92 Å². The van der Waals surface area contributed by atoms with Gasteiger partial charge in [-0.2, -0.15) is 0 Å². The van der Waals surface area contributed by atoms with Crippen LogP contribution < -0.4 is 15.4 Å². The summed E-state index contributed by atoms with van der Waals surface area (Å²) in [6, 6.07) is 16.4. The molecule has 2 aliphatic heterocycles. The number of anilines is 1. The van der Waals surface area contributed by atoms with E-state index in [-0.39, 0.29) is 17.4 Å². The van der Waals surface area contributed by atoms with Gasteiger partial charge in [-0.05, 0) is 48.5 Å². The number of piperidine rings is 1. The Morgan fingerprint density at radius 1 is 1.07 bits per heavy atom. The van der Waals surface area contributed by atoms with Crippen molar-refractivity contribution >= 4 is 17.2 Å². The monoisotopic (exact) mass is 362 g/mol. The minimum atomic E-state index is -0.237. The highest BCUT2D eigenvalue weighted by Gasteiger charge is 2.36. The zero-order valence-electron chi connectivity index (χ0n) is 15.9. The number of benzene rings is 2. The molecular weight excluding hydrogens is 336 g/mol. The van der Waals surface area contributed by atoms with Crippen molar-refractivity contribution in [1.29, 1.82) is 0 Å². The molecule has 0 aliphatic carbocycles. The molecule has 0 bridgehead atoms. The van der Waals surface area contributed by atoms with Gasteiger partial charge in [0, 0.05) is 30.0 Å². The Balaban J connectivity index is 1.68. The second-order valence-corrected chi connectivity index (χ2v) is 7.69. The second-order valence-electron chi connectivity index (χ2n) is 7.69. The molecule has 1 amide bonds. The highest BCUT2D eigenvalue weighted by atomic mass is 16.5. The maximum Gasteiger partial charge on any atom is 0.226 e. The van der Waals surface area contributed by atoms with Crippen LogP contribution in [0.4, 0.5) is 5.69 Å². The first kappa shape index (κ1) is 17.8. The van der Waals surface area contributed by atoms with Crippen molar-refractivity contribution in [3.8, 4) is 5.75 Å². The van der Waals surface area contributed by atoms with Crippen LogP contribution in [-0.4, -0.2) is 24.6 Å². The number of carbonyl (C=O) groups is 1. The van der Waals surface area contributed by atoms with Gasteiger partial charge in [0.05, 0.1) is 0 Å². The Morgan fingerprint density at radius 2 is 1.78 bits per heavy atom. The number of rotatable bonds is 3. The van der Waals surface area contributed by atoms with Gasteiger partial charge >= 0.3 is 0 Å². The Morgan fingerprint density at radius 3 is 2.48 bits per heavy atom. The lowest BCUT2D eigenvalue weighted by atomic mass is 9.83. The van der Waals surface area contributed by atoms with E-state index in [4.69, 9.17) is 4.74 Å². The fourth-order valence-corrected chi connectivity index (χ4v) is 3.72. The summed E-state index contributed by atoms with van der Waals surface area (Å²) in [5, 5.41) is 6.38. The van der Waals surface area contributed by atoms with Crippen molar-refractivity contribution in [3.05, 3.63) is 65.7 Å². The first-order valence-electron chi connectivity index (χ1n) is 9.70. The molecule has 140 valence electrons. The molecule has 2 heterocycles. The largest absolute Gasteiger partial charge is 0.482 e. The van der Waals surface area contributed by atoms with Crippen molar-refractivity contribution in [3.63, 3.8) is 0 Å². The first-order chi connectivity index (χ1) is 13.1. The summed E-state index contributed by atoms with van der Waals surface area (Å²) in [7, 11) is 0. The van der Waals surface area contributed by atoms with Crippen LogP contribution >= 0.6 is 0 Å². The van der Waals surface area contributed by atoms with Crippen LogP contribution in [-0.2, 0) is 4.79 Å². The number of amides is 1. The van der Waals surface area contributed by atoms with Gasteiger partial charge in [-0.1, -0.05) is 44.2 Å². The van der Waals surface area contributed by atoms with Crippen molar-refractivity contribution < 1.29 is 9.53 Å². The molecule has 1 fully saturated rings. The summed E-state index contributed by atoms with van der Waals surface area (Å²) in [5.74, 6) is 0.954. The van der Waals surface area contributed by atoms with E-state index in [1.165, 1.54) is 5.57 Å². The standard InChI is InChI=1S/C23H26N2O2/c1-16(2)22(26)25-18-9-7-17(8-10-18)20-15-23(11-13-24-14-12-23)27-21-6-4-3-5-19(20)21/h3-10,15-16,24H,11-14H2,1-2H3,(H,25,26). The maximum atomic E-state index is 11.9. The van der Waals surface area contributed by atoms with Gasteiger partial charge < -0.3 is 15.4 Å². The minimum Gasteiger partial charge on any atom is -0.482 e. The van der Waals surface area contributed by atoms with Gasteiger partial charge in [-0.3, -0.25) is 4.79 Å². The van der Waals surface area contributed by atoms with E-state index < -0.39 is 0 Å². The van der Waals surface area contributed by atoms with Gasteiger partial charge in [-0.25, -0.2) is 0 Å². The maximum absolute atomic E-state index is 11.9. The van der Waals surface area contributed by atoms with Gasteiger partial charge in [0.15, 0.2) is 0 Å². The lowest BCUT2D eigenvalue weighted by molar-refractivity contribution is -0.118. The van der Waals surface area contributed by atoms with Gasteiger partial charge in [0.1, 0.15) is 11.4 Å². The third-order valence-corrected chi connectivity index (χ3v) is 5.34. The van der Waals surface area contributed by atoms with E-state index >= 15 is 0 Å². The van der Waals surface area contributed by atoms with Crippen LogP contribution in [0.25, 0.3) is 5.57 Å². The molecule has 4 heteroatoms. The molecule has 2 N–H and O–H groups in total. The number of hydrogen-bond donors (Lipinski definition) is 2. The molecule has 0 unspecified atom stereocenters. The Kier molecular flexibility index (Phi) is 4.75. The second kappa shape index (κ2) is 7.20. The number of fused-ring (bicyclic) bond motifs is 1. The van der Waals surface area contributed by atoms with Crippen LogP contribution in [0.1, 0.15) is 37.8 Å². The van der Waals surface area contributed by atoms with Crippen molar-refractivity contribution in [1.82, 2.24) is 5.32 Å². The first-order valence-corrected chi connectivity index (χ1v) is 9.70. The normalized spacial score (nSPS) is 17.8. The van der Waals surface area contributed by atoms with Gasteiger partial charge in [0.2, 0.25) is 5.91 Å². The SMILES string of the molecule is CC(C)C(=O)Nc1ccc(C2=CC3(CCNCC3)Oc3ccccc32)cc1. The molecule has 2 aliphatic rings. The molecule has 4 nitrogen and oxygen atoms in total. The third-order valence-electron chi connectivity index (χ3n) is 5.34. The van der Waals surface area contributed by atoms with E-state index in [9.17, 15) is 4.79 Å². The summed E-state index contributed by atoms with van der Waals surface area (Å²) >= 11 is 0. The van der Waals surface area contributed by atoms with Gasteiger partial charge in [-0.15, -0.1) is 0 Å². The van der Waals surface area contributed by atoms with Crippen LogP contribution in [0.2, 0.25) is 0 Å². The third kappa shape index (κ3) is 3.62. The summed E-state index contributed by atoms with van der Waals surface area (Å²) in [6.45, 7) is 5.72. The molecule has 0 saturated carbocycles. The van der Waals surface area contributed by atoms with E-state index in [1.807, 2.05) is 38.1 Å². The average molecular weight is 362 g/mol. The molecule has 2 aromatic rings.